The third-order valence-electron chi connectivity index (χ3n) is 3.38. The highest BCUT2D eigenvalue weighted by atomic mass is 16.5. The summed E-state index contributed by atoms with van der Waals surface area (Å²) >= 11 is 0. The number of likely N-dealkylation sites (N-methyl/N-ethyl adjacent to an activating group) is 1. The maximum absolute atomic E-state index is 5.83. The molecule has 0 saturated carbocycles. The summed E-state index contributed by atoms with van der Waals surface area (Å²) in [6, 6.07) is 11.0. The van der Waals surface area contributed by atoms with E-state index in [-0.39, 0.29) is 5.41 Å². The van der Waals surface area contributed by atoms with E-state index in [1.54, 1.807) is 0 Å². The molecule has 0 spiro atoms. The molecule has 1 aromatic rings. The van der Waals surface area contributed by atoms with Gasteiger partial charge in [-0.25, -0.2) is 0 Å². The van der Waals surface area contributed by atoms with Gasteiger partial charge in [0.25, 0.3) is 0 Å². The van der Waals surface area contributed by atoms with Gasteiger partial charge in [0.1, 0.15) is 0 Å². The first-order chi connectivity index (χ1) is 9.04. The van der Waals surface area contributed by atoms with Gasteiger partial charge in [0.05, 0.1) is 6.61 Å². The van der Waals surface area contributed by atoms with Crippen LogP contribution in [0.3, 0.4) is 0 Å². The van der Waals surface area contributed by atoms with Gasteiger partial charge in [-0.3, -0.25) is 0 Å². The summed E-state index contributed by atoms with van der Waals surface area (Å²) in [6.07, 6.45) is 2.19. The van der Waals surface area contributed by atoms with Crippen molar-refractivity contribution >= 4 is 0 Å². The molecule has 0 aliphatic rings. The van der Waals surface area contributed by atoms with Gasteiger partial charge in [0.15, 0.2) is 0 Å². The minimum atomic E-state index is 0.245. The molecule has 1 N–H and O–H groups in total. The normalized spacial score (nSPS) is 13.5. The fourth-order valence-corrected chi connectivity index (χ4v) is 2.09. The molecule has 0 aliphatic heterocycles. The smallest absolute Gasteiger partial charge is 0.0624 e. The zero-order valence-electron chi connectivity index (χ0n) is 12.9. The highest BCUT2D eigenvalue weighted by Gasteiger charge is 2.23. The molecule has 2 heteroatoms. The molecule has 0 bridgehead atoms. The van der Waals surface area contributed by atoms with Gasteiger partial charge in [0.2, 0.25) is 0 Å². The Bertz CT molecular complexity index is 329. The Kier molecular flexibility index (Phi) is 7.11. The molecule has 1 rings (SSSR count). The zero-order chi connectivity index (χ0) is 14.1. The Morgan fingerprint density at radius 2 is 1.84 bits per heavy atom. The van der Waals surface area contributed by atoms with Gasteiger partial charge < -0.3 is 10.1 Å². The summed E-state index contributed by atoms with van der Waals surface area (Å²) in [4.78, 5) is 0. The lowest BCUT2D eigenvalue weighted by atomic mass is 9.87. The van der Waals surface area contributed by atoms with Crippen molar-refractivity contribution in [1.29, 1.82) is 0 Å². The van der Waals surface area contributed by atoms with Gasteiger partial charge in [0, 0.05) is 12.6 Å². The molecule has 0 aromatic heterocycles. The Balaban J connectivity index is 2.18. The van der Waals surface area contributed by atoms with E-state index >= 15 is 0 Å². The quantitative estimate of drug-likeness (QED) is 0.723. The van der Waals surface area contributed by atoms with E-state index in [1.807, 2.05) is 0 Å². The SMILES string of the molecule is CCNC(COCCCc1ccccc1)C(C)(C)C. The lowest BCUT2D eigenvalue weighted by Gasteiger charge is -2.31. The van der Waals surface area contributed by atoms with Crippen LogP contribution in [0.15, 0.2) is 30.3 Å². The Labute approximate surface area is 118 Å². The van der Waals surface area contributed by atoms with Gasteiger partial charge >= 0.3 is 0 Å². The molecule has 0 amide bonds. The molecule has 2 nitrogen and oxygen atoms in total. The van der Waals surface area contributed by atoms with Crippen LogP contribution in [0, 0.1) is 5.41 Å². The summed E-state index contributed by atoms with van der Waals surface area (Å²) in [7, 11) is 0. The number of hydrogen-bond acceptors (Lipinski definition) is 2. The first-order valence-corrected chi connectivity index (χ1v) is 7.39. The van der Waals surface area contributed by atoms with E-state index in [0.29, 0.717) is 6.04 Å². The van der Waals surface area contributed by atoms with Gasteiger partial charge in [-0.1, -0.05) is 58.0 Å². The number of ether oxygens (including phenoxy) is 1. The molecule has 108 valence electrons. The Morgan fingerprint density at radius 3 is 2.42 bits per heavy atom. The Hall–Kier alpha value is -0.860. The minimum Gasteiger partial charge on any atom is -0.380 e. The summed E-state index contributed by atoms with van der Waals surface area (Å²) in [5, 5.41) is 3.51. The number of benzene rings is 1. The minimum absolute atomic E-state index is 0.245. The summed E-state index contributed by atoms with van der Waals surface area (Å²) in [6.45, 7) is 11.6. The second-order valence-corrected chi connectivity index (χ2v) is 6.14. The average molecular weight is 263 g/mol. The van der Waals surface area contributed by atoms with E-state index in [1.165, 1.54) is 5.56 Å². The summed E-state index contributed by atoms with van der Waals surface area (Å²) < 4.78 is 5.83. The number of nitrogens with one attached hydrogen (secondary N) is 1. The second kappa shape index (κ2) is 8.34. The fourth-order valence-electron chi connectivity index (χ4n) is 2.09. The van der Waals surface area contributed by atoms with Crippen molar-refractivity contribution < 1.29 is 4.74 Å². The first kappa shape index (κ1) is 16.2. The van der Waals surface area contributed by atoms with Crippen LogP contribution in [-0.4, -0.2) is 25.8 Å². The summed E-state index contributed by atoms with van der Waals surface area (Å²) in [5.41, 5.74) is 1.64. The van der Waals surface area contributed by atoms with Crippen LogP contribution in [0.5, 0.6) is 0 Å². The van der Waals surface area contributed by atoms with Crippen LogP contribution in [0.25, 0.3) is 0 Å². The molecule has 0 fully saturated rings. The highest BCUT2D eigenvalue weighted by molar-refractivity contribution is 5.14. The van der Waals surface area contributed by atoms with Crippen molar-refractivity contribution in [2.45, 2.75) is 46.6 Å². The predicted octanol–water partition coefficient (Wildman–Crippen LogP) is 3.66. The van der Waals surface area contributed by atoms with Crippen LogP contribution in [0.4, 0.5) is 0 Å². The third-order valence-corrected chi connectivity index (χ3v) is 3.38. The van der Waals surface area contributed by atoms with E-state index < -0.39 is 0 Å². The first-order valence-electron chi connectivity index (χ1n) is 7.39. The molecule has 19 heavy (non-hydrogen) atoms. The van der Waals surface area contributed by atoms with Gasteiger partial charge in [-0.05, 0) is 30.4 Å². The molecule has 1 atom stereocenters. The predicted molar refractivity (Wildman–Crippen MR) is 82.5 cm³/mol. The average Bonchev–Trinajstić information content (AvgIpc) is 2.37. The van der Waals surface area contributed by atoms with Crippen LogP contribution in [-0.2, 0) is 11.2 Å². The molecule has 0 radical (unpaired) electrons. The number of hydrogen-bond donors (Lipinski definition) is 1. The van der Waals surface area contributed by atoms with Crippen LogP contribution >= 0.6 is 0 Å². The van der Waals surface area contributed by atoms with Crippen molar-refractivity contribution in [3.8, 4) is 0 Å². The van der Waals surface area contributed by atoms with E-state index in [9.17, 15) is 0 Å². The third kappa shape index (κ3) is 6.74. The largest absolute Gasteiger partial charge is 0.380 e. The maximum atomic E-state index is 5.83. The van der Waals surface area contributed by atoms with Crippen molar-refractivity contribution in [3.05, 3.63) is 35.9 Å². The summed E-state index contributed by atoms with van der Waals surface area (Å²) in [5.74, 6) is 0. The standard InChI is InChI=1S/C17H29NO/c1-5-18-16(17(2,3)4)14-19-13-9-12-15-10-7-6-8-11-15/h6-8,10-11,16,18H,5,9,12-14H2,1-4H3. The molecule has 1 aromatic carbocycles. The van der Waals surface area contributed by atoms with Gasteiger partial charge in [-0.15, -0.1) is 0 Å². The highest BCUT2D eigenvalue weighted by Crippen LogP contribution is 2.19. The molecular weight excluding hydrogens is 234 g/mol. The van der Waals surface area contributed by atoms with Crippen LogP contribution in [0.1, 0.15) is 39.7 Å². The molecule has 0 saturated heterocycles. The fraction of sp³-hybridized carbons (Fsp3) is 0.647. The molecule has 1 unspecified atom stereocenters. The van der Waals surface area contributed by atoms with Crippen LogP contribution < -0.4 is 5.32 Å². The molecule has 0 heterocycles. The van der Waals surface area contributed by atoms with Gasteiger partial charge in [-0.2, -0.15) is 0 Å². The number of rotatable bonds is 8. The lowest BCUT2D eigenvalue weighted by Crippen LogP contribution is -2.43. The van der Waals surface area contributed by atoms with Crippen molar-refractivity contribution in [1.82, 2.24) is 5.32 Å². The van der Waals surface area contributed by atoms with E-state index in [0.717, 1.165) is 32.6 Å². The van der Waals surface area contributed by atoms with Crippen molar-refractivity contribution in [2.75, 3.05) is 19.8 Å². The maximum Gasteiger partial charge on any atom is 0.0624 e. The van der Waals surface area contributed by atoms with Crippen molar-refractivity contribution in [3.63, 3.8) is 0 Å². The lowest BCUT2D eigenvalue weighted by molar-refractivity contribution is 0.0749. The monoisotopic (exact) mass is 263 g/mol. The zero-order valence-corrected chi connectivity index (χ0v) is 12.9. The number of aryl methyl sites for hydroxylation is 1. The van der Waals surface area contributed by atoms with Crippen LogP contribution in [0.2, 0.25) is 0 Å². The van der Waals surface area contributed by atoms with E-state index in [4.69, 9.17) is 4.74 Å². The Morgan fingerprint density at radius 1 is 1.16 bits per heavy atom. The van der Waals surface area contributed by atoms with Crippen molar-refractivity contribution in [2.24, 2.45) is 5.41 Å². The molecule has 0 aliphatic carbocycles. The topological polar surface area (TPSA) is 21.3 Å². The molecular formula is C17H29NO. The second-order valence-electron chi connectivity index (χ2n) is 6.14. The van der Waals surface area contributed by atoms with E-state index in [2.05, 4.69) is 63.3 Å².